The van der Waals surface area contributed by atoms with E-state index in [1.54, 1.807) is 18.2 Å². The van der Waals surface area contributed by atoms with Crippen LogP contribution in [0.2, 0.25) is 5.02 Å². The maximum atomic E-state index is 12.7. The first-order chi connectivity index (χ1) is 14.2. The monoisotopic (exact) mass is 421 g/mol. The van der Waals surface area contributed by atoms with E-state index in [9.17, 15) is 10.1 Å². The van der Waals surface area contributed by atoms with Gasteiger partial charge in [-0.05, 0) is 87.1 Å². The zero-order chi connectivity index (χ0) is 22.1. The van der Waals surface area contributed by atoms with Crippen LogP contribution in [0.25, 0.3) is 6.08 Å². The van der Waals surface area contributed by atoms with Gasteiger partial charge in [0.05, 0.1) is 0 Å². The molecule has 1 N–H and O–H groups in total. The summed E-state index contributed by atoms with van der Waals surface area (Å²) in [5.74, 6) is -0.0374. The lowest BCUT2D eigenvalue weighted by atomic mass is 9.79. The number of carbonyl (C=O) groups is 1. The van der Waals surface area contributed by atoms with Gasteiger partial charge in [-0.25, -0.2) is 0 Å². The average molecular weight is 422 g/mol. The number of nitriles is 1. The minimum atomic E-state index is -0.440. The molecule has 3 rings (SSSR count). The van der Waals surface area contributed by atoms with E-state index in [1.807, 2.05) is 25.1 Å². The van der Waals surface area contributed by atoms with Crippen LogP contribution in [-0.4, -0.2) is 18.0 Å². The van der Waals surface area contributed by atoms with Crippen molar-refractivity contribution in [3.8, 4) is 6.07 Å². The van der Waals surface area contributed by atoms with Gasteiger partial charge in [-0.3, -0.25) is 4.79 Å². The standard InChI is InChI=1S/C25H28ClN3O/c1-6-29-23-10-8-18(12-21(23)17(3)14-25(29,4)5)11-19(15-27)24(30)28-22-13-20(26)9-7-16(22)2/h7-13,17H,6,14H2,1-5H3,(H,28,30)/b19-11-/t17-/m0/s1. The van der Waals surface area contributed by atoms with Crippen LogP contribution >= 0.6 is 11.6 Å². The first kappa shape index (κ1) is 21.9. The zero-order valence-electron chi connectivity index (χ0n) is 18.2. The van der Waals surface area contributed by atoms with E-state index in [1.165, 1.54) is 11.3 Å². The molecule has 0 saturated carbocycles. The van der Waals surface area contributed by atoms with Gasteiger partial charge in [0.2, 0.25) is 0 Å². The third-order valence-corrected chi connectivity index (χ3v) is 6.08. The van der Waals surface area contributed by atoms with Gasteiger partial charge in [-0.15, -0.1) is 0 Å². The third-order valence-electron chi connectivity index (χ3n) is 5.85. The number of carbonyl (C=O) groups excluding carboxylic acids is 1. The van der Waals surface area contributed by atoms with Crippen molar-refractivity contribution in [2.45, 2.75) is 52.5 Å². The van der Waals surface area contributed by atoms with Crippen molar-refractivity contribution in [3.63, 3.8) is 0 Å². The molecule has 0 saturated heterocycles. The maximum Gasteiger partial charge on any atom is 0.266 e. The van der Waals surface area contributed by atoms with Crippen molar-refractivity contribution in [2.24, 2.45) is 0 Å². The summed E-state index contributed by atoms with van der Waals surface area (Å²) in [7, 11) is 0. The molecular formula is C25H28ClN3O. The van der Waals surface area contributed by atoms with Crippen LogP contribution in [-0.2, 0) is 4.79 Å². The number of fused-ring (bicyclic) bond motifs is 1. The molecule has 1 aliphatic rings. The minimum Gasteiger partial charge on any atom is -0.366 e. The predicted molar refractivity (Wildman–Crippen MR) is 125 cm³/mol. The Morgan fingerprint density at radius 1 is 1.33 bits per heavy atom. The molecule has 0 aliphatic carbocycles. The van der Waals surface area contributed by atoms with Crippen molar-refractivity contribution in [1.29, 1.82) is 5.26 Å². The van der Waals surface area contributed by atoms with Crippen LogP contribution in [0, 0.1) is 18.3 Å². The van der Waals surface area contributed by atoms with Gasteiger partial charge in [-0.1, -0.05) is 30.7 Å². The molecule has 0 bridgehead atoms. The highest BCUT2D eigenvalue weighted by Crippen LogP contribution is 2.43. The Morgan fingerprint density at radius 2 is 2.07 bits per heavy atom. The van der Waals surface area contributed by atoms with Gasteiger partial charge < -0.3 is 10.2 Å². The van der Waals surface area contributed by atoms with E-state index in [2.05, 4.69) is 50.0 Å². The molecule has 0 aromatic heterocycles. The van der Waals surface area contributed by atoms with E-state index in [0.717, 1.165) is 24.1 Å². The molecule has 0 unspecified atom stereocenters. The number of anilines is 2. The number of aryl methyl sites for hydroxylation is 1. The van der Waals surface area contributed by atoms with Crippen molar-refractivity contribution in [1.82, 2.24) is 0 Å². The summed E-state index contributed by atoms with van der Waals surface area (Å²) in [5, 5.41) is 12.9. The highest BCUT2D eigenvalue weighted by molar-refractivity contribution is 6.31. The number of hydrogen-bond donors (Lipinski definition) is 1. The third kappa shape index (κ3) is 4.37. The van der Waals surface area contributed by atoms with Crippen LogP contribution in [0.5, 0.6) is 0 Å². The fourth-order valence-corrected chi connectivity index (χ4v) is 4.60. The van der Waals surface area contributed by atoms with Crippen molar-refractivity contribution in [3.05, 3.63) is 63.7 Å². The number of nitrogens with zero attached hydrogens (tertiary/aromatic N) is 2. The van der Waals surface area contributed by atoms with Gasteiger partial charge in [0.15, 0.2) is 0 Å². The normalized spacial score (nSPS) is 17.8. The molecule has 1 atom stereocenters. The number of rotatable bonds is 4. The summed E-state index contributed by atoms with van der Waals surface area (Å²) in [5.41, 5.74) is 4.99. The summed E-state index contributed by atoms with van der Waals surface area (Å²) in [6, 6.07) is 13.5. The van der Waals surface area contributed by atoms with Crippen LogP contribution in [0.1, 0.15) is 56.7 Å². The van der Waals surface area contributed by atoms with E-state index in [0.29, 0.717) is 16.6 Å². The summed E-state index contributed by atoms with van der Waals surface area (Å²) in [6.07, 6.45) is 2.71. The Labute approximate surface area is 184 Å². The Balaban J connectivity index is 1.92. The van der Waals surface area contributed by atoms with E-state index in [4.69, 9.17) is 11.6 Å². The van der Waals surface area contributed by atoms with Crippen LogP contribution in [0.15, 0.2) is 42.0 Å². The highest BCUT2D eigenvalue weighted by Gasteiger charge is 2.35. The van der Waals surface area contributed by atoms with E-state index in [-0.39, 0.29) is 11.1 Å². The second kappa shape index (κ2) is 8.53. The number of benzene rings is 2. The topological polar surface area (TPSA) is 56.1 Å². The SMILES string of the molecule is CCN1c2ccc(/C=C(/C#N)C(=O)Nc3cc(Cl)ccc3C)cc2[C@@H](C)CC1(C)C. The van der Waals surface area contributed by atoms with Gasteiger partial charge >= 0.3 is 0 Å². The lowest BCUT2D eigenvalue weighted by Crippen LogP contribution is -2.48. The number of hydrogen-bond acceptors (Lipinski definition) is 3. The average Bonchev–Trinajstić information content (AvgIpc) is 2.68. The number of nitrogens with one attached hydrogen (secondary N) is 1. The number of amides is 1. The molecule has 0 spiro atoms. The Morgan fingerprint density at radius 3 is 2.73 bits per heavy atom. The molecule has 2 aromatic rings. The smallest absolute Gasteiger partial charge is 0.266 e. The molecule has 0 fully saturated rings. The van der Waals surface area contributed by atoms with Crippen molar-refractivity contribution in [2.75, 3.05) is 16.8 Å². The zero-order valence-corrected chi connectivity index (χ0v) is 19.0. The number of halogens is 1. The maximum absolute atomic E-state index is 12.7. The molecular weight excluding hydrogens is 394 g/mol. The van der Waals surface area contributed by atoms with Gasteiger partial charge in [0.1, 0.15) is 11.6 Å². The van der Waals surface area contributed by atoms with Crippen LogP contribution < -0.4 is 10.2 Å². The van der Waals surface area contributed by atoms with E-state index < -0.39 is 5.91 Å². The fourth-order valence-electron chi connectivity index (χ4n) is 4.43. The summed E-state index contributed by atoms with van der Waals surface area (Å²) in [4.78, 5) is 15.1. The van der Waals surface area contributed by atoms with Crippen molar-refractivity contribution < 1.29 is 4.79 Å². The second-order valence-electron chi connectivity index (χ2n) is 8.56. The molecule has 4 nitrogen and oxygen atoms in total. The van der Waals surface area contributed by atoms with Crippen LogP contribution in [0.3, 0.4) is 0 Å². The highest BCUT2D eigenvalue weighted by atomic mass is 35.5. The van der Waals surface area contributed by atoms with Crippen LogP contribution in [0.4, 0.5) is 11.4 Å². The molecule has 1 amide bonds. The molecule has 1 heterocycles. The molecule has 156 valence electrons. The summed E-state index contributed by atoms with van der Waals surface area (Å²) in [6.45, 7) is 11.8. The predicted octanol–water partition coefficient (Wildman–Crippen LogP) is 6.31. The molecule has 1 aliphatic heterocycles. The quantitative estimate of drug-likeness (QED) is 0.465. The lowest BCUT2D eigenvalue weighted by molar-refractivity contribution is -0.112. The first-order valence-electron chi connectivity index (χ1n) is 10.3. The Kier molecular flexibility index (Phi) is 6.24. The molecule has 0 radical (unpaired) electrons. The molecule has 2 aromatic carbocycles. The fraction of sp³-hybridized carbons (Fsp3) is 0.360. The van der Waals surface area contributed by atoms with Gasteiger partial charge in [0.25, 0.3) is 5.91 Å². The van der Waals surface area contributed by atoms with Gasteiger partial charge in [0, 0.05) is 28.5 Å². The van der Waals surface area contributed by atoms with E-state index >= 15 is 0 Å². The summed E-state index contributed by atoms with van der Waals surface area (Å²) < 4.78 is 0. The Bertz CT molecular complexity index is 1050. The largest absolute Gasteiger partial charge is 0.366 e. The minimum absolute atomic E-state index is 0.0606. The molecule has 30 heavy (non-hydrogen) atoms. The summed E-state index contributed by atoms with van der Waals surface area (Å²) >= 11 is 6.03. The molecule has 5 heteroatoms. The van der Waals surface area contributed by atoms with Gasteiger partial charge in [-0.2, -0.15) is 5.26 Å². The Hall–Kier alpha value is -2.77. The van der Waals surface area contributed by atoms with Crippen molar-refractivity contribution >= 4 is 35.0 Å². The first-order valence-corrected chi connectivity index (χ1v) is 10.6. The lowest BCUT2D eigenvalue weighted by Gasteiger charge is -2.47. The second-order valence-corrected chi connectivity index (χ2v) is 9.00.